The molecular weight excluding hydrogens is 230 g/mol. The average molecular weight is 247 g/mol. The minimum Gasteiger partial charge on any atom is -0.351 e. The van der Waals surface area contributed by atoms with E-state index >= 15 is 0 Å². The largest absolute Gasteiger partial charge is 0.351 e. The second-order valence-corrected chi connectivity index (χ2v) is 4.50. The molecule has 0 aromatic carbocycles. The highest BCUT2D eigenvalue weighted by molar-refractivity contribution is 5.45. The van der Waals surface area contributed by atoms with Gasteiger partial charge in [-0.05, 0) is 48.9 Å². The quantitative estimate of drug-likeness (QED) is 0.829. The number of rotatable bonds is 3. The molecule has 0 amide bonds. The van der Waals surface area contributed by atoms with E-state index in [1.54, 1.807) is 0 Å². The van der Waals surface area contributed by atoms with Crippen molar-refractivity contribution in [3.63, 3.8) is 0 Å². The molecule has 0 radical (unpaired) electrons. The van der Waals surface area contributed by atoms with E-state index < -0.39 is 0 Å². The Bertz CT molecular complexity index is 517. The van der Waals surface area contributed by atoms with Gasteiger partial charge in [0.2, 0.25) is 0 Å². The fraction of sp³-hybridized carbons (Fsp3) is 0.636. The Hall–Kier alpha value is -1.76. The molecule has 1 N–H and O–H groups in total. The van der Waals surface area contributed by atoms with E-state index in [0.717, 1.165) is 25.5 Å². The predicted octanol–water partition coefficient (Wildman–Crippen LogP) is 0.0976. The van der Waals surface area contributed by atoms with Crippen LogP contribution in [0.2, 0.25) is 0 Å². The van der Waals surface area contributed by atoms with Crippen molar-refractivity contribution in [1.29, 1.82) is 0 Å². The topological polar surface area (TPSA) is 71.2 Å². The van der Waals surface area contributed by atoms with Gasteiger partial charge in [0.1, 0.15) is 0 Å². The number of aromatic nitrogens is 5. The highest BCUT2D eigenvalue weighted by Crippen LogP contribution is 2.18. The zero-order chi connectivity index (χ0) is 12.4. The number of fused-ring (bicyclic) bond motifs is 1. The molecule has 0 bridgehead atoms. The number of hydrogen-bond donors (Lipinski definition) is 1. The van der Waals surface area contributed by atoms with Gasteiger partial charge in [-0.2, -0.15) is 0 Å². The Kier molecular flexibility index (Phi) is 3.06. The highest BCUT2D eigenvalue weighted by atomic mass is 15.6. The maximum Gasteiger partial charge on any atom is 0.200 e. The van der Waals surface area contributed by atoms with Gasteiger partial charge in [-0.25, -0.2) is 0 Å². The van der Waals surface area contributed by atoms with Crippen molar-refractivity contribution in [3.05, 3.63) is 12.1 Å². The van der Waals surface area contributed by atoms with E-state index in [4.69, 9.17) is 0 Å². The van der Waals surface area contributed by atoms with Crippen LogP contribution in [0.15, 0.2) is 12.1 Å². The lowest BCUT2D eigenvalue weighted by Gasteiger charge is -2.34. The summed E-state index contributed by atoms with van der Waals surface area (Å²) in [6.45, 7) is 5.23. The van der Waals surface area contributed by atoms with Crippen LogP contribution in [-0.2, 0) is 0 Å². The minimum absolute atomic E-state index is 0.505. The van der Waals surface area contributed by atoms with E-state index in [0.29, 0.717) is 11.7 Å². The molecule has 0 aliphatic carbocycles. The molecule has 1 aliphatic heterocycles. The molecule has 96 valence electrons. The van der Waals surface area contributed by atoms with Crippen molar-refractivity contribution in [2.24, 2.45) is 0 Å². The first kappa shape index (κ1) is 11.3. The molecule has 3 heterocycles. The lowest BCUT2D eigenvalue weighted by Crippen LogP contribution is -2.46. The SMILES string of the molecule is CCN(c1ccc2nnnn2n1)C1CCCNC1. The molecule has 7 nitrogen and oxygen atoms in total. The maximum absolute atomic E-state index is 4.46. The molecule has 0 saturated carbocycles. The summed E-state index contributed by atoms with van der Waals surface area (Å²) in [5.41, 5.74) is 0.677. The molecular formula is C11H17N7. The summed E-state index contributed by atoms with van der Waals surface area (Å²) in [7, 11) is 0. The van der Waals surface area contributed by atoms with Gasteiger partial charge in [-0.3, -0.25) is 0 Å². The number of nitrogens with zero attached hydrogens (tertiary/aromatic N) is 6. The third-order valence-electron chi connectivity index (χ3n) is 3.40. The number of hydrogen-bond acceptors (Lipinski definition) is 6. The zero-order valence-corrected chi connectivity index (χ0v) is 10.5. The first-order valence-electron chi connectivity index (χ1n) is 6.41. The fourth-order valence-corrected chi connectivity index (χ4v) is 2.50. The van der Waals surface area contributed by atoms with E-state index in [1.807, 2.05) is 12.1 Å². The van der Waals surface area contributed by atoms with E-state index in [1.165, 1.54) is 17.5 Å². The summed E-state index contributed by atoms with van der Waals surface area (Å²) in [5, 5.41) is 19.2. The third kappa shape index (κ3) is 2.01. The maximum atomic E-state index is 4.46. The van der Waals surface area contributed by atoms with Crippen LogP contribution in [0.25, 0.3) is 5.65 Å². The molecule has 2 aromatic rings. The Balaban J connectivity index is 1.89. The fourth-order valence-electron chi connectivity index (χ4n) is 2.50. The second-order valence-electron chi connectivity index (χ2n) is 4.50. The lowest BCUT2D eigenvalue weighted by molar-refractivity contribution is 0.432. The van der Waals surface area contributed by atoms with Crippen LogP contribution in [0.5, 0.6) is 0 Å². The van der Waals surface area contributed by atoms with Crippen LogP contribution >= 0.6 is 0 Å². The van der Waals surface area contributed by atoms with Crippen molar-refractivity contribution in [1.82, 2.24) is 30.6 Å². The molecule has 1 aliphatic rings. The summed E-state index contributed by atoms with van der Waals surface area (Å²) >= 11 is 0. The van der Waals surface area contributed by atoms with Gasteiger partial charge >= 0.3 is 0 Å². The van der Waals surface area contributed by atoms with Crippen LogP contribution in [0.1, 0.15) is 19.8 Å². The highest BCUT2D eigenvalue weighted by Gasteiger charge is 2.21. The van der Waals surface area contributed by atoms with E-state index in [9.17, 15) is 0 Å². The van der Waals surface area contributed by atoms with Crippen molar-refractivity contribution in [2.75, 3.05) is 24.5 Å². The van der Waals surface area contributed by atoms with Crippen LogP contribution in [0, 0.1) is 0 Å². The lowest BCUT2D eigenvalue weighted by atomic mass is 10.1. The smallest absolute Gasteiger partial charge is 0.200 e. The van der Waals surface area contributed by atoms with Crippen LogP contribution < -0.4 is 10.2 Å². The summed E-state index contributed by atoms with van der Waals surface area (Å²) < 4.78 is 1.48. The number of anilines is 1. The summed E-state index contributed by atoms with van der Waals surface area (Å²) in [6.07, 6.45) is 2.42. The van der Waals surface area contributed by atoms with Gasteiger partial charge < -0.3 is 10.2 Å². The second kappa shape index (κ2) is 4.85. The van der Waals surface area contributed by atoms with Crippen LogP contribution in [-0.4, -0.2) is 50.9 Å². The monoisotopic (exact) mass is 247 g/mol. The van der Waals surface area contributed by atoms with E-state index in [-0.39, 0.29) is 0 Å². The first-order valence-corrected chi connectivity index (χ1v) is 6.41. The first-order chi connectivity index (χ1) is 8.88. The Morgan fingerprint density at radius 2 is 2.44 bits per heavy atom. The van der Waals surface area contributed by atoms with Crippen molar-refractivity contribution in [3.8, 4) is 0 Å². The Morgan fingerprint density at radius 3 is 3.22 bits per heavy atom. The van der Waals surface area contributed by atoms with Gasteiger partial charge in [-0.15, -0.1) is 14.8 Å². The van der Waals surface area contributed by atoms with Crippen molar-refractivity contribution >= 4 is 11.5 Å². The number of likely N-dealkylation sites (N-methyl/N-ethyl adjacent to an activating group) is 1. The summed E-state index contributed by atoms with van der Waals surface area (Å²) in [6, 6.07) is 4.40. The molecule has 7 heteroatoms. The average Bonchev–Trinajstić information content (AvgIpc) is 2.88. The van der Waals surface area contributed by atoms with Gasteiger partial charge in [-0.1, -0.05) is 0 Å². The number of piperidine rings is 1. The molecule has 1 unspecified atom stereocenters. The van der Waals surface area contributed by atoms with Crippen LogP contribution in [0.3, 0.4) is 0 Å². The molecule has 18 heavy (non-hydrogen) atoms. The normalized spacial score (nSPS) is 20.2. The zero-order valence-electron chi connectivity index (χ0n) is 10.5. The van der Waals surface area contributed by atoms with Gasteiger partial charge in [0.25, 0.3) is 0 Å². The molecule has 1 atom stereocenters. The third-order valence-corrected chi connectivity index (χ3v) is 3.40. The molecule has 0 spiro atoms. The summed E-state index contributed by atoms with van der Waals surface area (Å²) in [4.78, 5) is 2.31. The molecule has 3 rings (SSSR count). The summed E-state index contributed by atoms with van der Waals surface area (Å²) in [5.74, 6) is 0.936. The minimum atomic E-state index is 0.505. The van der Waals surface area contributed by atoms with Gasteiger partial charge in [0.15, 0.2) is 11.5 Å². The van der Waals surface area contributed by atoms with E-state index in [2.05, 4.69) is 37.8 Å². The van der Waals surface area contributed by atoms with Crippen LogP contribution in [0.4, 0.5) is 5.82 Å². The Morgan fingerprint density at radius 1 is 1.50 bits per heavy atom. The number of nitrogens with one attached hydrogen (secondary N) is 1. The molecule has 1 saturated heterocycles. The van der Waals surface area contributed by atoms with Gasteiger partial charge in [0, 0.05) is 19.1 Å². The molecule has 1 fully saturated rings. The molecule has 2 aromatic heterocycles. The van der Waals surface area contributed by atoms with Gasteiger partial charge in [0.05, 0.1) is 0 Å². The predicted molar refractivity (Wildman–Crippen MR) is 67.5 cm³/mol. The number of tetrazole rings is 1. The van der Waals surface area contributed by atoms with Crippen molar-refractivity contribution in [2.45, 2.75) is 25.8 Å². The van der Waals surface area contributed by atoms with Crippen molar-refractivity contribution < 1.29 is 0 Å². The standard InChI is InChI=1S/C11H17N7/c1-2-17(9-4-3-7-12-8-9)11-6-5-10-13-15-16-18(10)14-11/h5-6,9,12H,2-4,7-8H2,1H3. The Labute approximate surface area is 105 Å².